The lowest BCUT2D eigenvalue weighted by molar-refractivity contribution is -0.186. The van der Waals surface area contributed by atoms with E-state index in [9.17, 15) is 18.0 Å². The van der Waals surface area contributed by atoms with Gasteiger partial charge in [0.2, 0.25) is 0 Å². The van der Waals surface area contributed by atoms with Gasteiger partial charge < -0.3 is 20.9 Å². The second-order valence-electron chi connectivity index (χ2n) is 12.3. The van der Waals surface area contributed by atoms with E-state index < -0.39 is 12.1 Å². The maximum Gasteiger partial charge on any atom is 0.471 e. The average Bonchev–Trinajstić information content (AvgIpc) is 3.08. The van der Waals surface area contributed by atoms with Crippen LogP contribution in [-0.2, 0) is 50.1 Å². The molecule has 0 saturated heterocycles. The molecule has 7 rings (SSSR count). The van der Waals surface area contributed by atoms with Gasteiger partial charge in [0.15, 0.2) is 0 Å². The summed E-state index contributed by atoms with van der Waals surface area (Å²) in [5.74, 6) is -1.76. The number of fused-ring (bicyclic) bond motifs is 3. The van der Waals surface area contributed by atoms with Crippen LogP contribution < -0.4 is 11.1 Å². The minimum Gasteiger partial charge on any atom is -0.330 e. The molecule has 4 aromatic rings. The number of amides is 1. The molecule has 0 aliphatic carbocycles. The summed E-state index contributed by atoms with van der Waals surface area (Å²) in [5.41, 5.74) is 14.4. The van der Waals surface area contributed by atoms with Gasteiger partial charge in [0.25, 0.3) is 0 Å². The van der Waals surface area contributed by atoms with Crippen LogP contribution >= 0.6 is 63.7 Å². The zero-order valence-electron chi connectivity index (χ0n) is 27.8. The van der Waals surface area contributed by atoms with Crippen LogP contribution in [0, 0.1) is 0 Å². The highest BCUT2D eigenvalue weighted by molar-refractivity contribution is 9.11. The quantitative estimate of drug-likeness (QED) is 0.211. The van der Waals surface area contributed by atoms with Crippen LogP contribution in [0.2, 0.25) is 0 Å². The standard InChI is InChI=1S/C11H9BrF3NO.C10H12BrN.C9H10BrN.C8H10BrN/c12-9-2-1-8-6-16(4-3-7(8)5-9)10(17)11(13,14)15;1-12-5-4-8-6-10(11)3-2-9(8)7-12;10-9-2-1-8-6-11-4-3-7(8)5-9;9-8-3-1-2-7(6-8)4-5-10/h1-2,5H,3-4,6H2;2-3,6H,4-5,7H2,1H3;1-2,5,11H,3-4,6H2;1-3,6H,4-5,10H2. The van der Waals surface area contributed by atoms with E-state index in [-0.39, 0.29) is 13.1 Å². The number of halogens is 7. The first-order valence-electron chi connectivity index (χ1n) is 16.3. The SMILES string of the molecule is Brc1ccc2c(c1)CCNC2.CN1CCc2cc(Br)ccc2C1.NCCc1cccc(Br)c1.O=C(N1CCc2cc(Br)ccc2C1)C(F)(F)F. The number of hydrogen-bond donors (Lipinski definition) is 2. The first-order valence-corrected chi connectivity index (χ1v) is 19.5. The van der Waals surface area contributed by atoms with Gasteiger partial charge >= 0.3 is 12.1 Å². The number of hydrogen-bond acceptors (Lipinski definition) is 4. The van der Waals surface area contributed by atoms with E-state index in [1.807, 2.05) is 18.2 Å². The first-order chi connectivity index (χ1) is 23.8. The Bertz CT molecular complexity index is 1740. The molecule has 0 saturated carbocycles. The Morgan fingerprint density at radius 3 is 1.84 bits per heavy atom. The predicted molar refractivity (Wildman–Crippen MR) is 210 cm³/mol. The van der Waals surface area contributed by atoms with E-state index in [2.05, 4.69) is 130 Å². The molecule has 0 atom stereocenters. The van der Waals surface area contributed by atoms with Crippen LogP contribution in [0.15, 0.2) is 96.8 Å². The minimum atomic E-state index is -4.78. The van der Waals surface area contributed by atoms with Crippen molar-refractivity contribution in [1.29, 1.82) is 0 Å². The van der Waals surface area contributed by atoms with Crippen LogP contribution in [0.4, 0.5) is 13.2 Å². The highest BCUT2D eigenvalue weighted by Gasteiger charge is 2.43. The molecule has 0 fully saturated rings. The largest absolute Gasteiger partial charge is 0.471 e. The molecule has 12 heteroatoms. The molecule has 0 unspecified atom stereocenters. The second-order valence-corrected chi connectivity index (χ2v) is 16.0. The van der Waals surface area contributed by atoms with Gasteiger partial charge in [0.1, 0.15) is 0 Å². The zero-order chi connectivity index (χ0) is 36.3. The van der Waals surface area contributed by atoms with Crippen LogP contribution in [0.3, 0.4) is 0 Å². The zero-order valence-corrected chi connectivity index (χ0v) is 34.2. The summed E-state index contributed by atoms with van der Waals surface area (Å²) in [5, 5.41) is 3.35. The number of nitrogens with zero attached hydrogens (tertiary/aromatic N) is 2. The van der Waals surface area contributed by atoms with Gasteiger partial charge in [-0.15, -0.1) is 0 Å². The molecule has 0 spiro atoms. The molecule has 0 bridgehead atoms. The van der Waals surface area contributed by atoms with Crippen molar-refractivity contribution >= 4 is 69.6 Å². The molecule has 3 N–H and O–H groups in total. The number of carbonyl (C=O) groups excluding carboxylic acids is 1. The lowest BCUT2D eigenvalue weighted by atomic mass is 10.00. The van der Waals surface area contributed by atoms with Crippen molar-refractivity contribution in [1.82, 2.24) is 15.1 Å². The second kappa shape index (κ2) is 19.7. The monoisotopic (exact) mass is 942 g/mol. The number of alkyl halides is 3. The van der Waals surface area contributed by atoms with Crippen LogP contribution in [0.1, 0.15) is 38.9 Å². The van der Waals surface area contributed by atoms with Gasteiger partial charge in [-0.3, -0.25) is 4.79 Å². The number of rotatable bonds is 2. The van der Waals surface area contributed by atoms with Gasteiger partial charge in [-0.1, -0.05) is 94.1 Å². The fourth-order valence-electron chi connectivity index (χ4n) is 5.84. The van der Waals surface area contributed by atoms with Crippen LogP contribution in [0.25, 0.3) is 0 Å². The number of nitrogens with one attached hydrogen (secondary N) is 1. The number of nitrogens with two attached hydrogens (primary N) is 1. The Balaban J connectivity index is 0.000000153. The third kappa shape index (κ3) is 12.9. The molecule has 0 radical (unpaired) electrons. The fourth-order valence-corrected chi connectivity index (χ4v) is 7.51. The number of benzene rings is 4. The molecule has 5 nitrogen and oxygen atoms in total. The highest BCUT2D eigenvalue weighted by atomic mass is 79.9. The average molecular weight is 946 g/mol. The first kappa shape index (κ1) is 40.7. The molecular formula is C38H41Br4F3N4O. The van der Waals surface area contributed by atoms with Gasteiger partial charge in [-0.05, 0) is 133 Å². The Labute approximate surface area is 326 Å². The molecular weight excluding hydrogens is 905 g/mol. The van der Waals surface area contributed by atoms with Gasteiger partial charge in [-0.2, -0.15) is 13.2 Å². The lowest BCUT2D eigenvalue weighted by Gasteiger charge is -2.29. The predicted octanol–water partition coefficient (Wildman–Crippen LogP) is 9.38. The summed E-state index contributed by atoms with van der Waals surface area (Å²) in [4.78, 5) is 14.3. The Morgan fingerprint density at radius 1 is 0.720 bits per heavy atom. The third-order valence-electron chi connectivity index (χ3n) is 8.46. The number of carbonyl (C=O) groups is 1. The molecule has 3 heterocycles. The van der Waals surface area contributed by atoms with Crippen LogP contribution in [-0.4, -0.2) is 55.1 Å². The normalized spacial score (nSPS) is 15.0. The van der Waals surface area contributed by atoms with Crippen molar-refractivity contribution in [3.8, 4) is 0 Å². The minimum absolute atomic E-state index is 0.0287. The smallest absolute Gasteiger partial charge is 0.330 e. The molecule has 1 amide bonds. The summed E-state index contributed by atoms with van der Waals surface area (Å²) in [6.45, 7) is 5.29. The maximum atomic E-state index is 12.3. The topological polar surface area (TPSA) is 61.6 Å². The third-order valence-corrected chi connectivity index (χ3v) is 10.4. The summed E-state index contributed by atoms with van der Waals surface area (Å²) < 4.78 is 41.2. The number of likely N-dealkylation sites (N-methyl/N-ethyl adjacent to an activating group) is 1. The van der Waals surface area contributed by atoms with E-state index in [1.54, 1.807) is 12.1 Å². The Hall–Kier alpha value is -2.06. The van der Waals surface area contributed by atoms with E-state index in [0.29, 0.717) is 6.42 Å². The van der Waals surface area contributed by atoms with Crippen molar-refractivity contribution < 1.29 is 18.0 Å². The van der Waals surface area contributed by atoms with E-state index in [1.165, 1.54) is 49.7 Å². The summed E-state index contributed by atoms with van der Waals surface area (Å²) in [7, 11) is 2.17. The van der Waals surface area contributed by atoms with Crippen molar-refractivity contribution in [3.63, 3.8) is 0 Å². The van der Waals surface area contributed by atoms with Crippen molar-refractivity contribution in [2.45, 2.75) is 51.5 Å². The van der Waals surface area contributed by atoms with Crippen molar-refractivity contribution in [3.05, 3.63) is 136 Å². The molecule has 3 aliphatic rings. The highest BCUT2D eigenvalue weighted by Crippen LogP contribution is 2.27. The Morgan fingerprint density at radius 2 is 1.26 bits per heavy atom. The van der Waals surface area contributed by atoms with E-state index >= 15 is 0 Å². The van der Waals surface area contributed by atoms with Crippen LogP contribution in [0.5, 0.6) is 0 Å². The van der Waals surface area contributed by atoms with Gasteiger partial charge in [0.05, 0.1) is 0 Å². The van der Waals surface area contributed by atoms with Gasteiger partial charge in [-0.25, -0.2) is 0 Å². The molecule has 3 aliphatic heterocycles. The van der Waals surface area contributed by atoms with E-state index in [0.717, 1.165) is 64.0 Å². The molecule has 0 aromatic heterocycles. The molecule has 50 heavy (non-hydrogen) atoms. The lowest BCUT2D eigenvalue weighted by Crippen LogP contribution is -2.43. The maximum absolute atomic E-state index is 12.3. The van der Waals surface area contributed by atoms with Gasteiger partial charge in [0, 0.05) is 50.6 Å². The summed E-state index contributed by atoms with van der Waals surface area (Å²) >= 11 is 13.7. The molecule has 268 valence electrons. The van der Waals surface area contributed by atoms with Crippen molar-refractivity contribution in [2.24, 2.45) is 5.73 Å². The Kier molecular flexibility index (Phi) is 16.0. The molecule has 4 aromatic carbocycles. The van der Waals surface area contributed by atoms with E-state index in [4.69, 9.17) is 5.73 Å². The summed E-state index contributed by atoms with van der Waals surface area (Å²) in [6, 6.07) is 26.7. The van der Waals surface area contributed by atoms with Crippen molar-refractivity contribution in [2.75, 3.05) is 33.2 Å². The summed E-state index contributed by atoms with van der Waals surface area (Å²) in [6.07, 6.45) is -1.02. The fraction of sp³-hybridized carbons (Fsp3) is 0.342.